The summed E-state index contributed by atoms with van der Waals surface area (Å²) in [6, 6.07) is 9.48. The number of alkyl halides is 3. The Morgan fingerprint density at radius 3 is 2.75 bits per heavy atom. The summed E-state index contributed by atoms with van der Waals surface area (Å²) >= 11 is 1.19. The van der Waals surface area contributed by atoms with Crippen molar-refractivity contribution in [2.75, 3.05) is 18.0 Å². The van der Waals surface area contributed by atoms with E-state index in [2.05, 4.69) is 31.5 Å². The van der Waals surface area contributed by atoms with Crippen molar-refractivity contribution in [3.63, 3.8) is 0 Å². The van der Waals surface area contributed by atoms with Crippen molar-refractivity contribution in [1.29, 1.82) is 0 Å². The number of likely N-dealkylation sites (tertiary alicyclic amines) is 1. The van der Waals surface area contributed by atoms with Crippen LogP contribution in [0, 0.1) is 0 Å². The van der Waals surface area contributed by atoms with Crippen LogP contribution >= 0.6 is 11.3 Å². The standard InChI is InChI=1S/C20H19F3N6O2S/c1-11(12-5-3-2-4-6-12)19-7-13(9-29(19)17(24)30)28(10-19)18-25-8-14(32-18)15-26-16(31-27-15)20(21,22)23/h2-6,8,11,13H,7,9-10H2,1H3,(H2,24,30)/t11-,13?,19?/m0/s1. The molecule has 4 heterocycles. The van der Waals surface area contributed by atoms with Crippen LogP contribution in [0.3, 0.4) is 0 Å². The van der Waals surface area contributed by atoms with E-state index >= 15 is 0 Å². The van der Waals surface area contributed by atoms with Gasteiger partial charge >= 0.3 is 18.1 Å². The van der Waals surface area contributed by atoms with E-state index in [0.29, 0.717) is 23.1 Å². The second kappa shape index (κ2) is 7.19. The number of carbonyl (C=O) groups excluding carboxylic acids is 1. The summed E-state index contributed by atoms with van der Waals surface area (Å²) in [5.41, 5.74) is 6.33. The second-order valence-electron chi connectivity index (χ2n) is 8.10. The van der Waals surface area contributed by atoms with Gasteiger partial charge in [-0.3, -0.25) is 0 Å². The number of amides is 2. The molecule has 3 aromatic rings. The number of halogens is 3. The van der Waals surface area contributed by atoms with Gasteiger partial charge in [0.1, 0.15) is 0 Å². The highest BCUT2D eigenvalue weighted by Gasteiger charge is 2.59. The molecule has 2 aliphatic heterocycles. The molecule has 0 spiro atoms. The highest BCUT2D eigenvalue weighted by atomic mass is 32.1. The summed E-state index contributed by atoms with van der Waals surface area (Å²) in [4.78, 5) is 24.3. The van der Waals surface area contributed by atoms with E-state index in [4.69, 9.17) is 5.73 Å². The molecule has 2 aliphatic rings. The van der Waals surface area contributed by atoms with Gasteiger partial charge in [0.2, 0.25) is 5.82 Å². The third-order valence-electron chi connectivity index (χ3n) is 6.40. The fourth-order valence-corrected chi connectivity index (χ4v) is 5.74. The number of fused-ring (bicyclic) bond motifs is 2. The zero-order chi connectivity index (χ0) is 22.7. The lowest BCUT2D eigenvalue weighted by molar-refractivity contribution is -0.159. The minimum atomic E-state index is -4.70. The average Bonchev–Trinajstić information content (AvgIpc) is 3.54. The van der Waals surface area contributed by atoms with Crippen LogP contribution in [0.5, 0.6) is 0 Å². The number of primary amides is 1. The SMILES string of the molecule is C[C@@H](c1ccccc1)C12CC(CN1C(N)=O)N(c1ncc(-c3noc(C(F)(F)F)n3)s1)C2. The number of carbonyl (C=O) groups is 1. The fraction of sp³-hybridized carbons (Fsp3) is 0.400. The van der Waals surface area contributed by atoms with Gasteiger partial charge in [0.15, 0.2) is 5.13 Å². The smallest absolute Gasteiger partial charge is 0.351 e. The lowest BCUT2D eigenvalue weighted by Gasteiger charge is -2.45. The second-order valence-corrected chi connectivity index (χ2v) is 9.11. The maximum Gasteiger partial charge on any atom is 0.471 e. The summed E-state index contributed by atoms with van der Waals surface area (Å²) in [6.07, 6.45) is -2.54. The molecular weight excluding hydrogens is 445 g/mol. The largest absolute Gasteiger partial charge is 0.471 e. The number of piperazine rings is 1. The molecule has 0 saturated carbocycles. The third-order valence-corrected chi connectivity index (χ3v) is 7.44. The maximum absolute atomic E-state index is 12.8. The monoisotopic (exact) mass is 464 g/mol. The molecule has 2 unspecified atom stereocenters. The molecule has 3 atom stereocenters. The summed E-state index contributed by atoms with van der Waals surface area (Å²) in [7, 11) is 0. The van der Waals surface area contributed by atoms with Gasteiger partial charge in [-0.05, 0) is 12.0 Å². The Hall–Kier alpha value is -3.15. The van der Waals surface area contributed by atoms with Crippen LogP contribution in [0.1, 0.15) is 30.7 Å². The molecule has 2 fully saturated rings. The first-order valence-corrected chi connectivity index (χ1v) is 10.8. The Balaban J connectivity index is 1.44. The third kappa shape index (κ3) is 3.20. The van der Waals surface area contributed by atoms with E-state index in [9.17, 15) is 18.0 Å². The van der Waals surface area contributed by atoms with Crippen molar-refractivity contribution in [2.45, 2.75) is 37.0 Å². The Morgan fingerprint density at radius 2 is 2.09 bits per heavy atom. The minimum absolute atomic E-state index is 0.00339. The average molecular weight is 464 g/mol. The maximum atomic E-state index is 12.8. The van der Waals surface area contributed by atoms with Gasteiger partial charge in [0.05, 0.1) is 22.7 Å². The Labute approximate surface area is 184 Å². The van der Waals surface area contributed by atoms with Gasteiger partial charge < -0.3 is 20.1 Å². The summed E-state index contributed by atoms with van der Waals surface area (Å²) < 4.78 is 42.6. The van der Waals surface area contributed by atoms with Crippen molar-refractivity contribution in [2.24, 2.45) is 5.73 Å². The van der Waals surface area contributed by atoms with Crippen molar-refractivity contribution < 1.29 is 22.5 Å². The lowest BCUT2D eigenvalue weighted by atomic mass is 9.79. The van der Waals surface area contributed by atoms with Crippen LogP contribution in [0.15, 0.2) is 41.1 Å². The van der Waals surface area contributed by atoms with Crippen LogP contribution in [-0.4, -0.2) is 50.7 Å². The molecule has 32 heavy (non-hydrogen) atoms. The van der Waals surface area contributed by atoms with Crippen LogP contribution in [-0.2, 0) is 6.18 Å². The van der Waals surface area contributed by atoms with E-state index in [-0.39, 0.29) is 17.8 Å². The predicted octanol–water partition coefficient (Wildman–Crippen LogP) is 3.73. The molecule has 2 saturated heterocycles. The van der Waals surface area contributed by atoms with Gasteiger partial charge in [-0.15, -0.1) is 0 Å². The van der Waals surface area contributed by atoms with Crippen LogP contribution in [0.2, 0.25) is 0 Å². The lowest BCUT2D eigenvalue weighted by Crippen LogP contribution is -2.60. The van der Waals surface area contributed by atoms with Crippen LogP contribution in [0.4, 0.5) is 23.1 Å². The number of aromatic nitrogens is 3. The molecule has 0 radical (unpaired) electrons. The van der Waals surface area contributed by atoms with Crippen LogP contribution < -0.4 is 10.6 Å². The summed E-state index contributed by atoms with van der Waals surface area (Å²) in [5.74, 6) is -1.52. The van der Waals surface area contributed by atoms with Gasteiger partial charge in [-0.1, -0.05) is 53.7 Å². The molecule has 2 N–H and O–H groups in total. The van der Waals surface area contributed by atoms with E-state index < -0.39 is 23.6 Å². The van der Waals surface area contributed by atoms with E-state index in [1.54, 1.807) is 4.90 Å². The van der Waals surface area contributed by atoms with Crippen LogP contribution in [0.25, 0.3) is 10.7 Å². The Bertz CT molecular complexity index is 1150. The molecule has 168 valence electrons. The number of hydrogen-bond acceptors (Lipinski definition) is 7. The van der Waals surface area contributed by atoms with Gasteiger partial charge in [-0.25, -0.2) is 9.78 Å². The molecule has 1 aromatic carbocycles. The first-order chi connectivity index (χ1) is 15.2. The summed E-state index contributed by atoms with van der Waals surface area (Å²) in [6.45, 7) is 3.06. The molecular formula is C20H19F3N6O2S. The molecule has 0 aliphatic carbocycles. The number of thiazole rings is 1. The highest BCUT2D eigenvalue weighted by molar-refractivity contribution is 7.18. The molecule has 12 heteroatoms. The van der Waals surface area contributed by atoms with Crippen molar-refractivity contribution in [1.82, 2.24) is 20.0 Å². The van der Waals surface area contributed by atoms with Gasteiger partial charge in [-0.2, -0.15) is 18.2 Å². The number of rotatable bonds is 4. The van der Waals surface area contributed by atoms with E-state index in [0.717, 1.165) is 12.0 Å². The van der Waals surface area contributed by atoms with E-state index in [1.165, 1.54) is 17.5 Å². The number of anilines is 1. The number of nitrogens with two attached hydrogens (primary N) is 1. The van der Waals surface area contributed by atoms with Crippen molar-refractivity contribution in [3.05, 3.63) is 48.0 Å². The Kier molecular flexibility index (Phi) is 4.66. The summed E-state index contributed by atoms with van der Waals surface area (Å²) in [5, 5.41) is 4.07. The molecule has 5 rings (SSSR count). The quantitative estimate of drug-likeness (QED) is 0.632. The van der Waals surface area contributed by atoms with Crippen molar-refractivity contribution in [3.8, 4) is 10.7 Å². The zero-order valence-electron chi connectivity index (χ0n) is 16.9. The molecule has 2 amide bonds. The number of benzene rings is 1. The molecule has 2 bridgehead atoms. The topological polar surface area (TPSA) is 101 Å². The number of hydrogen-bond donors (Lipinski definition) is 1. The fourth-order valence-electron chi connectivity index (χ4n) is 4.83. The highest BCUT2D eigenvalue weighted by Crippen LogP contribution is 2.50. The minimum Gasteiger partial charge on any atom is -0.351 e. The van der Waals surface area contributed by atoms with E-state index in [1.807, 2.05) is 30.3 Å². The molecule has 2 aromatic heterocycles. The van der Waals surface area contributed by atoms with Crippen molar-refractivity contribution >= 4 is 22.5 Å². The van der Waals surface area contributed by atoms with Gasteiger partial charge in [0.25, 0.3) is 0 Å². The first-order valence-electron chi connectivity index (χ1n) is 9.95. The molecule has 8 nitrogen and oxygen atoms in total. The van der Waals surface area contributed by atoms with Gasteiger partial charge in [0, 0.05) is 19.0 Å². The predicted molar refractivity (Wildman–Crippen MR) is 110 cm³/mol. The number of nitrogens with zero attached hydrogens (tertiary/aromatic N) is 5. The normalized spacial score (nSPS) is 23.7. The first kappa shape index (κ1) is 20.7. The zero-order valence-corrected chi connectivity index (χ0v) is 17.7. The number of urea groups is 1. The Morgan fingerprint density at radius 1 is 1.34 bits per heavy atom.